The number of benzene rings is 1. The Kier molecular flexibility index (Phi) is 4.94. The molecule has 2 aromatic rings. The number of piperidine rings is 1. The largest absolute Gasteiger partial charge is 0.342 e. The van der Waals surface area contributed by atoms with Gasteiger partial charge in [-0.1, -0.05) is 12.0 Å². The number of aromatic nitrogens is 2. The van der Waals surface area contributed by atoms with E-state index in [1.807, 2.05) is 0 Å². The molecule has 0 bridgehead atoms. The molecule has 1 aliphatic heterocycles. The van der Waals surface area contributed by atoms with Crippen LogP contribution >= 0.6 is 0 Å². The zero-order chi connectivity index (χ0) is 17.8. The Morgan fingerprint density at radius 2 is 2.24 bits per heavy atom. The molecule has 0 aliphatic carbocycles. The van der Waals surface area contributed by atoms with Crippen LogP contribution in [0.25, 0.3) is 0 Å². The Morgan fingerprint density at radius 3 is 2.96 bits per heavy atom. The molecule has 1 N–H and O–H groups in total. The lowest BCUT2D eigenvalue weighted by Crippen LogP contribution is -2.38. The highest BCUT2D eigenvalue weighted by molar-refractivity contribution is 5.73. The fourth-order valence-electron chi connectivity index (χ4n) is 2.97. The fourth-order valence-corrected chi connectivity index (χ4v) is 2.97. The van der Waals surface area contributed by atoms with Gasteiger partial charge in [-0.3, -0.25) is 4.79 Å². The van der Waals surface area contributed by atoms with E-state index < -0.39 is 0 Å². The summed E-state index contributed by atoms with van der Waals surface area (Å²) in [5.41, 5.74) is 1.05. The van der Waals surface area contributed by atoms with E-state index >= 15 is 0 Å². The van der Waals surface area contributed by atoms with Gasteiger partial charge in [-0.2, -0.15) is 0 Å². The van der Waals surface area contributed by atoms with Crippen molar-refractivity contribution >= 4 is 17.4 Å². The van der Waals surface area contributed by atoms with E-state index in [4.69, 9.17) is 6.42 Å². The Hall–Kier alpha value is -2.94. The lowest BCUT2D eigenvalue weighted by molar-refractivity contribution is -0.130. The first kappa shape index (κ1) is 16.9. The molecular formula is C19H19FN4O. The second-order valence-electron chi connectivity index (χ2n) is 6.08. The third-order valence-corrected chi connectivity index (χ3v) is 4.22. The first-order valence-electron chi connectivity index (χ1n) is 8.19. The van der Waals surface area contributed by atoms with Crippen LogP contribution in [0.4, 0.5) is 15.9 Å². The van der Waals surface area contributed by atoms with Crippen molar-refractivity contribution < 1.29 is 9.18 Å². The minimum Gasteiger partial charge on any atom is -0.342 e. The summed E-state index contributed by atoms with van der Waals surface area (Å²) < 4.78 is 13.4. The fraction of sp³-hybridized carbons (Fsp3) is 0.316. The van der Waals surface area contributed by atoms with E-state index in [0.29, 0.717) is 29.6 Å². The van der Waals surface area contributed by atoms with Crippen molar-refractivity contribution in [2.24, 2.45) is 0 Å². The van der Waals surface area contributed by atoms with Crippen molar-refractivity contribution in [3.8, 4) is 12.3 Å². The topological polar surface area (TPSA) is 58.1 Å². The van der Waals surface area contributed by atoms with E-state index in [2.05, 4.69) is 21.2 Å². The molecule has 1 aromatic heterocycles. The van der Waals surface area contributed by atoms with Crippen molar-refractivity contribution in [3.05, 3.63) is 47.7 Å². The number of hydrogen-bond acceptors (Lipinski definition) is 4. The highest BCUT2D eigenvalue weighted by Gasteiger charge is 2.25. The third kappa shape index (κ3) is 4.13. The van der Waals surface area contributed by atoms with Crippen molar-refractivity contribution in [2.75, 3.05) is 18.4 Å². The van der Waals surface area contributed by atoms with E-state index in [-0.39, 0.29) is 17.6 Å². The monoisotopic (exact) mass is 338 g/mol. The Bertz CT molecular complexity index is 830. The van der Waals surface area contributed by atoms with Crippen LogP contribution in [0.2, 0.25) is 0 Å². The average Bonchev–Trinajstić information content (AvgIpc) is 2.61. The summed E-state index contributed by atoms with van der Waals surface area (Å²) in [7, 11) is 0. The maximum absolute atomic E-state index is 13.4. The van der Waals surface area contributed by atoms with Crippen LogP contribution in [-0.2, 0) is 4.79 Å². The van der Waals surface area contributed by atoms with Gasteiger partial charge in [-0.05, 0) is 31.0 Å². The number of terminal acetylenes is 1. The second-order valence-corrected chi connectivity index (χ2v) is 6.08. The van der Waals surface area contributed by atoms with Gasteiger partial charge in [0.05, 0.1) is 0 Å². The van der Waals surface area contributed by atoms with Crippen LogP contribution in [0.1, 0.15) is 37.2 Å². The first-order valence-corrected chi connectivity index (χ1v) is 8.19. The number of nitrogens with zero attached hydrogens (tertiary/aromatic N) is 3. The Morgan fingerprint density at radius 1 is 1.40 bits per heavy atom. The highest BCUT2D eigenvalue weighted by atomic mass is 19.1. The summed E-state index contributed by atoms with van der Waals surface area (Å²) in [4.78, 5) is 22.4. The number of rotatable bonds is 3. The molecule has 2 heterocycles. The number of anilines is 2. The van der Waals surface area contributed by atoms with Gasteiger partial charge in [0, 0.05) is 37.7 Å². The molecule has 0 spiro atoms. The van der Waals surface area contributed by atoms with Gasteiger partial charge in [0.1, 0.15) is 23.2 Å². The smallest absolute Gasteiger partial charge is 0.219 e. The molecule has 1 atom stereocenters. The van der Waals surface area contributed by atoms with E-state index in [9.17, 15) is 9.18 Å². The van der Waals surface area contributed by atoms with Crippen LogP contribution < -0.4 is 5.32 Å². The molecular weight excluding hydrogens is 319 g/mol. The lowest BCUT2D eigenvalue weighted by atomic mass is 9.97. The molecule has 1 saturated heterocycles. The van der Waals surface area contributed by atoms with Crippen LogP contribution in [-0.4, -0.2) is 33.9 Å². The molecule has 0 radical (unpaired) electrons. The van der Waals surface area contributed by atoms with Crippen molar-refractivity contribution in [2.45, 2.75) is 25.7 Å². The van der Waals surface area contributed by atoms with Crippen LogP contribution in [0.15, 0.2) is 30.3 Å². The Balaban J connectivity index is 1.87. The predicted molar refractivity (Wildman–Crippen MR) is 93.9 cm³/mol. The molecule has 1 fully saturated rings. The molecule has 0 saturated carbocycles. The number of carbonyl (C=O) groups excluding carboxylic acids is 1. The number of halogens is 1. The molecule has 1 amide bonds. The van der Waals surface area contributed by atoms with Gasteiger partial charge in [0.2, 0.25) is 5.91 Å². The normalized spacial score (nSPS) is 17.0. The van der Waals surface area contributed by atoms with Gasteiger partial charge in [-0.25, -0.2) is 14.4 Å². The third-order valence-electron chi connectivity index (χ3n) is 4.22. The summed E-state index contributed by atoms with van der Waals surface area (Å²) in [6, 6.07) is 7.78. The minimum absolute atomic E-state index is 0.0407. The molecule has 25 heavy (non-hydrogen) atoms. The predicted octanol–water partition coefficient (Wildman–Crippen LogP) is 3.07. The molecule has 5 nitrogen and oxygen atoms in total. The number of likely N-dealkylation sites (tertiary alicyclic amines) is 1. The van der Waals surface area contributed by atoms with E-state index in [1.54, 1.807) is 30.0 Å². The summed E-state index contributed by atoms with van der Waals surface area (Å²) in [6.07, 6.45) is 7.32. The lowest BCUT2D eigenvalue weighted by Gasteiger charge is -2.31. The number of amides is 1. The van der Waals surface area contributed by atoms with E-state index in [1.165, 1.54) is 12.1 Å². The van der Waals surface area contributed by atoms with E-state index in [0.717, 1.165) is 19.4 Å². The molecule has 1 aromatic carbocycles. The SMILES string of the molecule is C#Cc1cc(Nc2cccc(F)c2)nc(C2CCCN(C(C)=O)C2)n1. The number of nitrogens with one attached hydrogen (secondary N) is 1. The van der Waals surface area contributed by atoms with Crippen LogP contribution in [0, 0.1) is 18.2 Å². The maximum Gasteiger partial charge on any atom is 0.219 e. The second kappa shape index (κ2) is 7.31. The molecule has 1 unspecified atom stereocenters. The van der Waals surface area contributed by atoms with Crippen molar-refractivity contribution in [3.63, 3.8) is 0 Å². The van der Waals surface area contributed by atoms with Gasteiger partial charge in [0.25, 0.3) is 0 Å². The van der Waals surface area contributed by atoms with Gasteiger partial charge in [-0.15, -0.1) is 6.42 Å². The van der Waals surface area contributed by atoms with Crippen LogP contribution in [0.5, 0.6) is 0 Å². The zero-order valence-corrected chi connectivity index (χ0v) is 14.0. The molecule has 128 valence electrons. The van der Waals surface area contributed by atoms with Crippen molar-refractivity contribution in [1.82, 2.24) is 14.9 Å². The standard InChI is InChI=1S/C19H19FN4O/c1-3-16-11-18(21-17-8-4-7-15(20)10-17)23-19(22-16)14-6-5-9-24(12-14)13(2)25/h1,4,7-8,10-11,14H,5-6,9,12H2,2H3,(H,21,22,23). The highest BCUT2D eigenvalue weighted by Crippen LogP contribution is 2.26. The quantitative estimate of drug-likeness (QED) is 0.874. The minimum atomic E-state index is -0.333. The van der Waals surface area contributed by atoms with Gasteiger partial charge >= 0.3 is 0 Å². The number of carbonyl (C=O) groups is 1. The van der Waals surface area contributed by atoms with Crippen molar-refractivity contribution in [1.29, 1.82) is 0 Å². The first-order chi connectivity index (χ1) is 12.0. The maximum atomic E-state index is 13.4. The molecule has 3 rings (SSSR count). The van der Waals surface area contributed by atoms with Gasteiger partial charge < -0.3 is 10.2 Å². The average molecular weight is 338 g/mol. The van der Waals surface area contributed by atoms with Crippen LogP contribution in [0.3, 0.4) is 0 Å². The summed E-state index contributed by atoms with van der Waals surface area (Å²) in [6.45, 7) is 2.91. The molecule has 1 aliphatic rings. The summed E-state index contributed by atoms with van der Waals surface area (Å²) in [5.74, 6) is 3.42. The molecule has 6 heteroatoms. The van der Waals surface area contributed by atoms with Gasteiger partial charge in [0.15, 0.2) is 0 Å². The zero-order valence-electron chi connectivity index (χ0n) is 14.0. The summed E-state index contributed by atoms with van der Waals surface area (Å²) in [5, 5.41) is 3.07. The summed E-state index contributed by atoms with van der Waals surface area (Å²) >= 11 is 0. The number of hydrogen-bond donors (Lipinski definition) is 1. The Labute approximate surface area is 146 Å².